The number of primary amides is 1. The Bertz CT molecular complexity index is 1340. The van der Waals surface area contributed by atoms with E-state index in [1.807, 2.05) is 32.9 Å². The van der Waals surface area contributed by atoms with Crippen molar-refractivity contribution < 1.29 is 23.9 Å². The molecule has 0 radical (unpaired) electrons. The molecule has 11 heteroatoms. The summed E-state index contributed by atoms with van der Waals surface area (Å²) in [6, 6.07) is 4.37. The highest BCUT2D eigenvalue weighted by atomic mass is 16.5. The van der Waals surface area contributed by atoms with Crippen LogP contribution in [-0.4, -0.2) is 70.6 Å². The smallest absolute Gasteiger partial charge is 0.246 e. The van der Waals surface area contributed by atoms with Crippen molar-refractivity contribution in [1.82, 2.24) is 25.7 Å². The lowest BCUT2D eigenvalue weighted by atomic mass is 9.84. The number of fused-ring (bicyclic) bond motifs is 2. The third-order valence-electron chi connectivity index (χ3n) is 8.90. The lowest BCUT2D eigenvalue weighted by molar-refractivity contribution is -0.146. The number of ether oxygens (including phenoxy) is 1. The quantitative estimate of drug-likeness (QED) is 0.469. The van der Waals surface area contributed by atoms with Gasteiger partial charge in [0.25, 0.3) is 0 Å². The third-order valence-corrected chi connectivity index (χ3v) is 8.90. The first-order valence-corrected chi connectivity index (χ1v) is 13.8. The molecule has 0 spiro atoms. The van der Waals surface area contributed by atoms with Crippen molar-refractivity contribution in [3.63, 3.8) is 0 Å². The number of rotatable bonds is 7. The van der Waals surface area contributed by atoms with Crippen LogP contribution in [0, 0.1) is 28.6 Å². The van der Waals surface area contributed by atoms with Gasteiger partial charge in [-0.3, -0.25) is 19.2 Å². The monoisotopic (exact) mass is 550 g/mol. The summed E-state index contributed by atoms with van der Waals surface area (Å²) in [6.45, 7) is 11.1. The molecule has 4 amide bonds. The van der Waals surface area contributed by atoms with Gasteiger partial charge >= 0.3 is 0 Å². The molecule has 1 aromatic carbocycles. The number of likely N-dealkylation sites (tertiary alicyclic amines) is 1. The molecule has 2 aliphatic heterocycles. The Morgan fingerprint density at radius 2 is 1.85 bits per heavy atom. The summed E-state index contributed by atoms with van der Waals surface area (Å²) in [5.41, 5.74) is 5.25. The lowest BCUT2D eigenvalue weighted by Gasteiger charge is -2.38. The molecule has 40 heavy (non-hydrogen) atoms. The Hall–Kier alpha value is -3.60. The maximum atomic E-state index is 14.1. The summed E-state index contributed by atoms with van der Waals surface area (Å²) in [5, 5.41) is 15.3. The predicted octanol–water partition coefficient (Wildman–Crippen LogP) is 1.32. The minimum Gasteiger partial charge on any atom is -0.381 e. The number of nitrogens with two attached hydrogens (primary N) is 1. The van der Waals surface area contributed by atoms with Gasteiger partial charge in [-0.1, -0.05) is 58.9 Å². The molecular weight excluding hydrogens is 512 g/mol. The van der Waals surface area contributed by atoms with E-state index in [1.54, 1.807) is 23.2 Å². The van der Waals surface area contributed by atoms with E-state index >= 15 is 0 Å². The van der Waals surface area contributed by atoms with Gasteiger partial charge in [0, 0.05) is 23.9 Å². The van der Waals surface area contributed by atoms with Gasteiger partial charge in [-0.2, -0.15) is 10.2 Å². The summed E-state index contributed by atoms with van der Waals surface area (Å²) < 4.78 is 5.36. The molecule has 2 saturated heterocycles. The van der Waals surface area contributed by atoms with E-state index < -0.39 is 35.4 Å². The molecule has 3 aliphatic rings. The fourth-order valence-corrected chi connectivity index (χ4v) is 6.39. The number of carbonyl (C=O) groups is 4. The van der Waals surface area contributed by atoms with Gasteiger partial charge in [-0.05, 0) is 29.1 Å². The number of piperidine rings is 1. The highest BCUT2D eigenvalue weighted by Crippen LogP contribution is 2.65. The van der Waals surface area contributed by atoms with Gasteiger partial charge in [-0.25, -0.2) is 0 Å². The van der Waals surface area contributed by atoms with Crippen molar-refractivity contribution in [1.29, 1.82) is 0 Å². The molecule has 11 nitrogen and oxygen atoms in total. The van der Waals surface area contributed by atoms with Gasteiger partial charge in [0.05, 0.1) is 18.7 Å². The number of amides is 4. The fourth-order valence-electron chi connectivity index (χ4n) is 6.39. The standard InChI is InChI=1S/C29H38N6O5/c1-28(2,3)23(33-25(37)16-10-11-40-14-16)27(39)35-13-18-19(29(18,4)5)22(35)26(38)32-21(24(30)36)20-17-9-7-6-8-15(17)12-31-34-20/h6-9,12,16,18-19,21-23H,10-11,13-14H2,1-5H3,(H2,30,36)(H,32,38)(H,33,37)/t16?,18?,19?,21?,22?,23-/m1/s1. The van der Waals surface area contributed by atoms with Gasteiger partial charge in [-0.15, -0.1) is 0 Å². The molecule has 6 atom stereocenters. The van der Waals surface area contributed by atoms with Crippen LogP contribution in [0.4, 0.5) is 0 Å². The maximum Gasteiger partial charge on any atom is 0.246 e. The fraction of sp³-hybridized carbons (Fsp3) is 0.586. The van der Waals surface area contributed by atoms with Crippen LogP contribution in [0.15, 0.2) is 30.5 Å². The molecule has 5 rings (SSSR count). The average Bonchev–Trinajstić information content (AvgIpc) is 3.35. The summed E-state index contributed by atoms with van der Waals surface area (Å²) >= 11 is 0. The molecular formula is C29H38N6O5. The van der Waals surface area contributed by atoms with E-state index in [1.165, 1.54) is 0 Å². The second kappa shape index (κ2) is 10.1. The van der Waals surface area contributed by atoms with Crippen molar-refractivity contribution in [2.75, 3.05) is 19.8 Å². The van der Waals surface area contributed by atoms with Crippen LogP contribution >= 0.6 is 0 Å². The van der Waals surface area contributed by atoms with E-state index in [2.05, 4.69) is 34.7 Å². The van der Waals surface area contributed by atoms with Crippen LogP contribution in [0.5, 0.6) is 0 Å². The average molecular weight is 551 g/mol. The third kappa shape index (κ3) is 4.91. The van der Waals surface area contributed by atoms with Crippen LogP contribution in [0.3, 0.4) is 0 Å². The first-order chi connectivity index (χ1) is 18.8. The predicted molar refractivity (Wildman–Crippen MR) is 146 cm³/mol. The number of nitrogens with one attached hydrogen (secondary N) is 2. The number of nitrogens with zero attached hydrogens (tertiary/aromatic N) is 3. The van der Waals surface area contributed by atoms with Crippen LogP contribution in [0.1, 0.15) is 52.8 Å². The van der Waals surface area contributed by atoms with Crippen molar-refractivity contribution in [2.45, 2.75) is 59.2 Å². The maximum absolute atomic E-state index is 14.1. The minimum absolute atomic E-state index is 0.0943. The molecule has 4 N–H and O–H groups in total. The molecule has 5 unspecified atom stereocenters. The van der Waals surface area contributed by atoms with Gasteiger partial charge in [0.15, 0.2) is 6.04 Å². The number of carbonyl (C=O) groups excluding carboxylic acids is 4. The first-order valence-electron chi connectivity index (χ1n) is 13.8. The highest BCUT2D eigenvalue weighted by Gasteiger charge is 2.70. The van der Waals surface area contributed by atoms with E-state index in [-0.39, 0.29) is 40.7 Å². The van der Waals surface area contributed by atoms with E-state index in [0.29, 0.717) is 31.6 Å². The molecule has 3 heterocycles. The Kier molecular flexibility index (Phi) is 7.06. The zero-order chi connectivity index (χ0) is 29.0. The second-order valence-corrected chi connectivity index (χ2v) is 12.9. The SMILES string of the molecule is CC1(C)C2CN(C(=O)[C@@H](NC(=O)C3CCOC3)C(C)(C)C)C(C(=O)NC(C(N)=O)c3nncc4ccccc34)C21. The summed E-state index contributed by atoms with van der Waals surface area (Å²) in [7, 11) is 0. The number of hydrogen-bond donors (Lipinski definition) is 3. The Morgan fingerprint density at radius 1 is 1.12 bits per heavy atom. The highest BCUT2D eigenvalue weighted by molar-refractivity contribution is 5.97. The van der Waals surface area contributed by atoms with E-state index in [9.17, 15) is 19.2 Å². The van der Waals surface area contributed by atoms with Crippen molar-refractivity contribution in [3.05, 3.63) is 36.2 Å². The Balaban J connectivity index is 1.42. The summed E-state index contributed by atoms with van der Waals surface area (Å²) in [4.78, 5) is 55.2. The van der Waals surface area contributed by atoms with Gasteiger partial charge < -0.3 is 26.0 Å². The molecule has 214 valence electrons. The van der Waals surface area contributed by atoms with Crippen LogP contribution < -0.4 is 16.4 Å². The molecule has 3 fully saturated rings. The Labute approximate surface area is 233 Å². The molecule has 1 aliphatic carbocycles. The number of benzene rings is 1. The number of hydrogen-bond acceptors (Lipinski definition) is 7. The van der Waals surface area contributed by atoms with Crippen molar-refractivity contribution >= 4 is 34.4 Å². The lowest BCUT2D eigenvalue weighted by Crippen LogP contribution is -2.60. The molecule has 1 aromatic heterocycles. The second-order valence-electron chi connectivity index (χ2n) is 12.9. The zero-order valence-electron chi connectivity index (χ0n) is 23.6. The molecule has 2 aromatic rings. The molecule has 0 bridgehead atoms. The number of aromatic nitrogens is 2. The summed E-state index contributed by atoms with van der Waals surface area (Å²) in [5.74, 6) is -2.07. The van der Waals surface area contributed by atoms with E-state index in [4.69, 9.17) is 10.5 Å². The van der Waals surface area contributed by atoms with Gasteiger partial charge in [0.2, 0.25) is 23.6 Å². The molecule has 1 saturated carbocycles. The summed E-state index contributed by atoms with van der Waals surface area (Å²) in [6.07, 6.45) is 2.18. The van der Waals surface area contributed by atoms with Crippen LogP contribution in [-0.2, 0) is 23.9 Å². The van der Waals surface area contributed by atoms with Crippen molar-refractivity contribution in [2.24, 2.45) is 34.3 Å². The van der Waals surface area contributed by atoms with Crippen molar-refractivity contribution in [3.8, 4) is 0 Å². The van der Waals surface area contributed by atoms with Crippen LogP contribution in [0.25, 0.3) is 10.8 Å². The largest absolute Gasteiger partial charge is 0.381 e. The van der Waals surface area contributed by atoms with Crippen LogP contribution in [0.2, 0.25) is 0 Å². The zero-order valence-corrected chi connectivity index (χ0v) is 23.6. The first kappa shape index (κ1) is 27.9. The Morgan fingerprint density at radius 3 is 2.50 bits per heavy atom. The van der Waals surface area contributed by atoms with E-state index in [0.717, 1.165) is 5.39 Å². The normalized spacial score (nSPS) is 26.6. The van der Waals surface area contributed by atoms with Gasteiger partial charge in [0.1, 0.15) is 17.8 Å². The minimum atomic E-state index is -1.23. The topological polar surface area (TPSA) is 157 Å².